The molecule has 0 spiro atoms. The van der Waals surface area contributed by atoms with E-state index in [4.69, 9.17) is 21.1 Å². The molecule has 0 aliphatic rings. The van der Waals surface area contributed by atoms with Crippen LogP contribution in [0.4, 0.5) is 5.69 Å². The zero-order chi connectivity index (χ0) is 12.0. The van der Waals surface area contributed by atoms with E-state index in [1.165, 1.54) is 18.2 Å². The standard InChI is InChI=1S/C7H7BN6O2/c9-13-11-4-5-1-6(8(15)16)3-7(2-5)12-14-10/h1-3,15-16H,4H2. The lowest BCUT2D eigenvalue weighted by Crippen LogP contribution is -2.29. The van der Waals surface area contributed by atoms with Gasteiger partial charge < -0.3 is 10.0 Å². The summed E-state index contributed by atoms with van der Waals surface area (Å²) in [6.07, 6.45) is 0. The fraction of sp³-hybridized carbons (Fsp3) is 0.143. The van der Waals surface area contributed by atoms with Crippen LogP contribution in [0.1, 0.15) is 5.56 Å². The molecule has 0 saturated carbocycles. The normalized spacial score (nSPS) is 8.88. The first-order valence-corrected chi connectivity index (χ1v) is 4.23. The summed E-state index contributed by atoms with van der Waals surface area (Å²) >= 11 is 0. The van der Waals surface area contributed by atoms with Crippen molar-refractivity contribution in [1.82, 2.24) is 0 Å². The summed E-state index contributed by atoms with van der Waals surface area (Å²) in [5, 5.41) is 24.6. The molecule has 0 aliphatic carbocycles. The Bertz CT molecular complexity index is 478. The van der Waals surface area contributed by atoms with Crippen molar-refractivity contribution in [2.75, 3.05) is 0 Å². The fourth-order valence-corrected chi connectivity index (χ4v) is 1.16. The van der Waals surface area contributed by atoms with Gasteiger partial charge in [-0.15, -0.1) is 0 Å². The molecule has 0 radical (unpaired) electrons. The molecule has 1 aromatic rings. The summed E-state index contributed by atoms with van der Waals surface area (Å²) in [5.74, 6) is 0. The Labute approximate surface area is 90.5 Å². The van der Waals surface area contributed by atoms with Crippen LogP contribution in [0, 0.1) is 0 Å². The predicted molar refractivity (Wildman–Crippen MR) is 57.9 cm³/mol. The Kier molecular flexibility index (Phi) is 4.20. The molecule has 0 heterocycles. The monoisotopic (exact) mass is 218 g/mol. The van der Waals surface area contributed by atoms with Crippen LogP contribution in [0.25, 0.3) is 20.9 Å². The molecule has 0 aromatic heterocycles. The van der Waals surface area contributed by atoms with E-state index in [-0.39, 0.29) is 17.7 Å². The van der Waals surface area contributed by atoms with Gasteiger partial charge >= 0.3 is 7.12 Å². The van der Waals surface area contributed by atoms with Crippen molar-refractivity contribution in [1.29, 1.82) is 0 Å². The van der Waals surface area contributed by atoms with Crippen LogP contribution in [0.2, 0.25) is 0 Å². The summed E-state index contributed by atoms with van der Waals surface area (Å²) in [7, 11) is -1.67. The zero-order valence-corrected chi connectivity index (χ0v) is 8.09. The van der Waals surface area contributed by atoms with Crippen molar-refractivity contribution in [3.8, 4) is 0 Å². The lowest BCUT2D eigenvalue weighted by molar-refractivity contribution is 0.425. The molecule has 0 fully saturated rings. The van der Waals surface area contributed by atoms with Crippen LogP contribution in [0.3, 0.4) is 0 Å². The highest BCUT2D eigenvalue weighted by Gasteiger charge is 2.12. The Morgan fingerprint density at radius 1 is 1.19 bits per heavy atom. The molecule has 8 nitrogen and oxygen atoms in total. The summed E-state index contributed by atoms with van der Waals surface area (Å²) in [6.45, 7) is 0.0466. The molecular formula is C7H7BN6O2. The van der Waals surface area contributed by atoms with Gasteiger partial charge in [-0.25, -0.2) is 0 Å². The first kappa shape index (κ1) is 11.9. The van der Waals surface area contributed by atoms with Gasteiger partial charge in [-0.1, -0.05) is 22.4 Å². The average molecular weight is 218 g/mol. The largest absolute Gasteiger partial charge is 0.488 e. The Morgan fingerprint density at radius 3 is 2.50 bits per heavy atom. The minimum atomic E-state index is -1.67. The van der Waals surface area contributed by atoms with Crippen LogP contribution in [0.15, 0.2) is 28.4 Å². The van der Waals surface area contributed by atoms with E-state index in [2.05, 4.69) is 20.1 Å². The minimum absolute atomic E-state index is 0.0466. The van der Waals surface area contributed by atoms with E-state index in [9.17, 15) is 0 Å². The second-order valence-electron chi connectivity index (χ2n) is 2.88. The maximum atomic E-state index is 8.98. The van der Waals surface area contributed by atoms with Crippen LogP contribution >= 0.6 is 0 Å². The SMILES string of the molecule is [N-]=[N+]=NCc1cc(N=[N+]=[N-])cc(B(O)O)c1. The first-order valence-electron chi connectivity index (χ1n) is 4.23. The lowest BCUT2D eigenvalue weighted by Gasteiger charge is -2.04. The molecule has 0 aliphatic heterocycles. The van der Waals surface area contributed by atoms with E-state index < -0.39 is 7.12 Å². The number of benzene rings is 1. The highest BCUT2D eigenvalue weighted by molar-refractivity contribution is 6.58. The number of hydrogen-bond acceptors (Lipinski definition) is 4. The van der Waals surface area contributed by atoms with Crippen LogP contribution in [-0.2, 0) is 6.54 Å². The number of azide groups is 2. The number of nitrogens with zero attached hydrogens (tertiary/aromatic N) is 6. The smallest absolute Gasteiger partial charge is 0.423 e. The zero-order valence-electron chi connectivity index (χ0n) is 8.09. The average Bonchev–Trinajstić information content (AvgIpc) is 2.26. The Balaban J connectivity index is 3.17. The van der Waals surface area contributed by atoms with Gasteiger partial charge in [0, 0.05) is 15.5 Å². The van der Waals surface area contributed by atoms with Gasteiger partial charge in [0.1, 0.15) is 0 Å². The first-order chi connectivity index (χ1) is 7.67. The molecule has 0 unspecified atom stereocenters. The summed E-state index contributed by atoms with van der Waals surface area (Å²) in [6, 6.07) is 4.29. The van der Waals surface area contributed by atoms with Crippen LogP contribution < -0.4 is 5.46 Å². The van der Waals surface area contributed by atoms with Gasteiger partial charge in [-0.2, -0.15) is 0 Å². The van der Waals surface area contributed by atoms with Crippen molar-refractivity contribution >= 4 is 18.3 Å². The lowest BCUT2D eigenvalue weighted by atomic mass is 9.79. The second kappa shape index (κ2) is 5.64. The summed E-state index contributed by atoms with van der Waals surface area (Å²) < 4.78 is 0. The minimum Gasteiger partial charge on any atom is -0.423 e. The molecule has 1 rings (SSSR count). The molecule has 0 atom stereocenters. The molecule has 0 amide bonds. The van der Waals surface area contributed by atoms with Crippen LogP contribution in [-0.4, -0.2) is 17.2 Å². The van der Waals surface area contributed by atoms with Crippen molar-refractivity contribution < 1.29 is 10.0 Å². The van der Waals surface area contributed by atoms with Crippen molar-refractivity contribution in [2.45, 2.75) is 6.54 Å². The fourth-order valence-electron chi connectivity index (χ4n) is 1.16. The van der Waals surface area contributed by atoms with Gasteiger partial charge in [0.2, 0.25) is 0 Å². The van der Waals surface area contributed by atoms with Gasteiger partial charge in [-0.05, 0) is 28.2 Å². The molecule has 9 heteroatoms. The third-order valence-electron chi connectivity index (χ3n) is 1.77. The highest BCUT2D eigenvalue weighted by atomic mass is 16.4. The Morgan fingerprint density at radius 2 is 1.94 bits per heavy atom. The van der Waals surface area contributed by atoms with E-state index in [0.29, 0.717) is 5.56 Å². The topological polar surface area (TPSA) is 138 Å². The third-order valence-corrected chi connectivity index (χ3v) is 1.77. The molecule has 0 bridgehead atoms. The highest BCUT2D eigenvalue weighted by Crippen LogP contribution is 2.14. The third kappa shape index (κ3) is 3.20. The molecule has 2 N–H and O–H groups in total. The van der Waals surface area contributed by atoms with Crippen molar-refractivity contribution in [3.05, 3.63) is 44.6 Å². The predicted octanol–water partition coefficient (Wildman–Crippen LogP) is 1.12. The maximum absolute atomic E-state index is 8.98. The summed E-state index contributed by atoms with van der Waals surface area (Å²) in [4.78, 5) is 5.16. The molecule has 1 aromatic carbocycles. The summed E-state index contributed by atoms with van der Waals surface area (Å²) in [5.41, 5.74) is 17.4. The van der Waals surface area contributed by atoms with Crippen LogP contribution in [0.5, 0.6) is 0 Å². The maximum Gasteiger partial charge on any atom is 0.488 e. The van der Waals surface area contributed by atoms with Gasteiger partial charge in [0.15, 0.2) is 0 Å². The van der Waals surface area contributed by atoms with Gasteiger partial charge in [-0.3, -0.25) is 0 Å². The van der Waals surface area contributed by atoms with Crippen molar-refractivity contribution in [2.24, 2.45) is 10.2 Å². The van der Waals surface area contributed by atoms with E-state index in [1.54, 1.807) is 0 Å². The number of rotatable bonds is 4. The van der Waals surface area contributed by atoms with E-state index >= 15 is 0 Å². The van der Waals surface area contributed by atoms with E-state index in [0.717, 1.165) is 0 Å². The van der Waals surface area contributed by atoms with Gasteiger partial charge in [0.05, 0.1) is 6.54 Å². The van der Waals surface area contributed by atoms with E-state index in [1.807, 2.05) is 0 Å². The molecule has 0 saturated heterocycles. The second-order valence-corrected chi connectivity index (χ2v) is 2.88. The Hall–Kier alpha value is -2.18. The van der Waals surface area contributed by atoms with Crippen molar-refractivity contribution in [3.63, 3.8) is 0 Å². The molecular weight excluding hydrogens is 211 g/mol. The molecule has 80 valence electrons. The van der Waals surface area contributed by atoms with Gasteiger partial charge in [0.25, 0.3) is 0 Å². The molecule has 16 heavy (non-hydrogen) atoms. The number of hydrogen-bond donors (Lipinski definition) is 2. The quantitative estimate of drug-likeness (QED) is 0.338.